The summed E-state index contributed by atoms with van der Waals surface area (Å²) in [6, 6.07) is 5.05. The van der Waals surface area contributed by atoms with Crippen molar-refractivity contribution in [3.8, 4) is 0 Å². The first-order valence-corrected chi connectivity index (χ1v) is 6.57. The summed E-state index contributed by atoms with van der Waals surface area (Å²) in [6.45, 7) is 4.50. The molecule has 0 aliphatic rings. The fourth-order valence-electron chi connectivity index (χ4n) is 1.23. The highest BCUT2D eigenvalue weighted by Crippen LogP contribution is 2.19. The number of carbonyl (C=O) groups excluding carboxylic acids is 1. The molecule has 17 heavy (non-hydrogen) atoms. The third kappa shape index (κ3) is 4.66. The van der Waals surface area contributed by atoms with E-state index in [0.29, 0.717) is 23.0 Å². The second-order valence-electron chi connectivity index (χ2n) is 4.28. The molecule has 5 heteroatoms. The molecule has 1 unspecified atom stereocenters. The van der Waals surface area contributed by atoms with Crippen molar-refractivity contribution in [1.29, 1.82) is 0 Å². The number of halogens is 2. The minimum Gasteiger partial charge on any atom is -0.350 e. The van der Waals surface area contributed by atoms with Gasteiger partial charge in [0.2, 0.25) is 0 Å². The number of benzene rings is 1. The molecule has 0 aliphatic carbocycles. The number of rotatable bonds is 4. The van der Waals surface area contributed by atoms with Crippen molar-refractivity contribution >= 4 is 33.4 Å². The zero-order valence-corrected chi connectivity index (χ0v) is 12.2. The van der Waals surface area contributed by atoms with Crippen LogP contribution < -0.4 is 11.1 Å². The summed E-state index contributed by atoms with van der Waals surface area (Å²) < 4.78 is 0.781. The van der Waals surface area contributed by atoms with E-state index in [1.807, 2.05) is 13.8 Å². The second kappa shape index (κ2) is 6.38. The van der Waals surface area contributed by atoms with Crippen LogP contribution in [-0.4, -0.2) is 18.5 Å². The van der Waals surface area contributed by atoms with Crippen molar-refractivity contribution in [2.75, 3.05) is 6.54 Å². The lowest BCUT2D eigenvalue weighted by Crippen LogP contribution is -2.40. The van der Waals surface area contributed by atoms with Crippen molar-refractivity contribution in [2.45, 2.75) is 19.9 Å². The maximum absolute atomic E-state index is 11.8. The van der Waals surface area contributed by atoms with E-state index >= 15 is 0 Å². The van der Waals surface area contributed by atoms with E-state index < -0.39 is 0 Å². The van der Waals surface area contributed by atoms with Gasteiger partial charge in [-0.1, -0.05) is 41.4 Å². The Hall–Kier alpha value is -0.580. The molecule has 1 amide bonds. The molecule has 0 saturated carbocycles. The molecule has 1 rings (SSSR count). The molecular formula is C12H16BrClN2O. The Kier molecular flexibility index (Phi) is 5.43. The van der Waals surface area contributed by atoms with Crippen LogP contribution in [0.2, 0.25) is 5.02 Å². The normalized spacial score (nSPS) is 12.6. The predicted octanol–water partition coefficient (Wildman–Crippen LogP) is 2.82. The van der Waals surface area contributed by atoms with Crippen molar-refractivity contribution in [1.82, 2.24) is 5.32 Å². The third-order valence-electron chi connectivity index (χ3n) is 2.48. The van der Waals surface area contributed by atoms with E-state index in [2.05, 4.69) is 21.2 Å². The lowest BCUT2D eigenvalue weighted by molar-refractivity contribution is 0.0949. The van der Waals surface area contributed by atoms with Crippen LogP contribution in [0.3, 0.4) is 0 Å². The lowest BCUT2D eigenvalue weighted by Gasteiger charge is -2.16. The number of nitrogens with two attached hydrogens (primary N) is 1. The van der Waals surface area contributed by atoms with E-state index in [0.717, 1.165) is 4.47 Å². The highest BCUT2D eigenvalue weighted by Gasteiger charge is 2.11. The first kappa shape index (κ1) is 14.5. The second-order valence-corrected chi connectivity index (χ2v) is 5.63. The predicted molar refractivity (Wildman–Crippen MR) is 74.3 cm³/mol. The molecule has 0 aromatic heterocycles. The Balaban J connectivity index is 2.64. The quantitative estimate of drug-likeness (QED) is 0.896. The highest BCUT2D eigenvalue weighted by molar-refractivity contribution is 9.10. The van der Waals surface area contributed by atoms with Crippen LogP contribution in [0.4, 0.5) is 0 Å². The fraction of sp³-hybridized carbons (Fsp3) is 0.417. The molecule has 0 radical (unpaired) electrons. The summed E-state index contributed by atoms with van der Waals surface area (Å²) in [5, 5.41) is 3.32. The molecule has 3 N–H and O–H groups in total. The molecule has 3 nitrogen and oxygen atoms in total. The summed E-state index contributed by atoms with van der Waals surface area (Å²) in [6.07, 6.45) is 0. The van der Waals surface area contributed by atoms with Gasteiger partial charge in [0.25, 0.3) is 5.91 Å². The zero-order chi connectivity index (χ0) is 13.0. The van der Waals surface area contributed by atoms with E-state index in [1.165, 1.54) is 0 Å². The van der Waals surface area contributed by atoms with Crippen LogP contribution in [0.25, 0.3) is 0 Å². The van der Waals surface area contributed by atoms with Crippen molar-refractivity contribution in [2.24, 2.45) is 11.7 Å². The Labute approximate surface area is 115 Å². The van der Waals surface area contributed by atoms with Gasteiger partial charge in [-0.2, -0.15) is 0 Å². The van der Waals surface area contributed by atoms with Gasteiger partial charge in [0.15, 0.2) is 0 Å². The number of nitrogens with one attached hydrogen (secondary N) is 1. The Morgan fingerprint density at radius 2 is 2.12 bits per heavy atom. The molecule has 0 saturated heterocycles. The molecule has 0 heterocycles. The van der Waals surface area contributed by atoms with Gasteiger partial charge < -0.3 is 11.1 Å². The smallest absolute Gasteiger partial charge is 0.251 e. The Morgan fingerprint density at radius 1 is 1.47 bits per heavy atom. The maximum Gasteiger partial charge on any atom is 0.251 e. The number of amides is 1. The topological polar surface area (TPSA) is 55.1 Å². The largest absolute Gasteiger partial charge is 0.350 e. The fourth-order valence-corrected chi connectivity index (χ4v) is 2.09. The van der Waals surface area contributed by atoms with E-state index in [1.54, 1.807) is 18.2 Å². The summed E-state index contributed by atoms with van der Waals surface area (Å²) in [7, 11) is 0. The summed E-state index contributed by atoms with van der Waals surface area (Å²) in [5.74, 6) is 0.172. The van der Waals surface area contributed by atoms with Gasteiger partial charge in [-0.25, -0.2) is 0 Å². The van der Waals surface area contributed by atoms with Gasteiger partial charge in [0, 0.05) is 27.6 Å². The Bertz CT molecular complexity index is 389. The third-order valence-corrected chi connectivity index (χ3v) is 3.16. The zero-order valence-electron chi connectivity index (χ0n) is 9.84. The average molecular weight is 320 g/mol. The van der Waals surface area contributed by atoms with Crippen LogP contribution in [0.1, 0.15) is 24.2 Å². The molecule has 0 spiro atoms. The molecule has 0 fully saturated rings. The van der Waals surface area contributed by atoms with Gasteiger partial charge >= 0.3 is 0 Å². The summed E-state index contributed by atoms with van der Waals surface area (Å²) >= 11 is 9.17. The summed E-state index contributed by atoms with van der Waals surface area (Å²) in [5.41, 5.74) is 6.38. The molecule has 1 atom stereocenters. The molecule has 1 aromatic carbocycles. The monoisotopic (exact) mass is 318 g/mol. The number of hydrogen-bond donors (Lipinski definition) is 2. The van der Waals surface area contributed by atoms with Gasteiger partial charge in [-0.05, 0) is 24.1 Å². The van der Waals surface area contributed by atoms with Gasteiger partial charge in [-0.3, -0.25) is 4.79 Å². The number of carbonyl (C=O) groups is 1. The molecule has 0 aliphatic heterocycles. The van der Waals surface area contributed by atoms with E-state index in [4.69, 9.17) is 17.3 Å². The molecule has 1 aromatic rings. The first-order chi connectivity index (χ1) is 7.90. The van der Waals surface area contributed by atoms with Crippen LogP contribution in [0.15, 0.2) is 22.7 Å². The minimum atomic E-state index is -0.163. The number of hydrogen-bond acceptors (Lipinski definition) is 2. The van der Waals surface area contributed by atoms with E-state index in [9.17, 15) is 4.79 Å². The van der Waals surface area contributed by atoms with Gasteiger partial charge in [-0.15, -0.1) is 0 Å². The lowest BCUT2D eigenvalue weighted by atomic mass is 10.1. The Morgan fingerprint density at radius 3 is 2.65 bits per heavy atom. The van der Waals surface area contributed by atoms with Crippen LogP contribution in [0.5, 0.6) is 0 Å². The minimum absolute atomic E-state index is 0.0402. The van der Waals surface area contributed by atoms with Crippen LogP contribution in [-0.2, 0) is 0 Å². The van der Waals surface area contributed by atoms with Crippen molar-refractivity contribution in [3.05, 3.63) is 33.3 Å². The first-order valence-electron chi connectivity index (χ1n) is 5.40. The standard InChI is InChI=1S/C12H16BrClN2O/c1-7(2)11(15)6-16-12(17)8-3-9(13)5-10(14)4-8/h3-5,7,11H,6,15H2,1-2H3,(H,16,17). The van der Waals surface area contributed by atoms with Crippen LogP contribution >= 0.6 is 27.5 Å². The summed E-state index contributed by atoms with van der Waals surface area (Å²) in [4.78, 5) is 11.8. The van der Waals surface area contributed by atoms with Gasteiger partial charge in [0.05, 0.1) is 0 Å². The van der Waals surface area contributed by atoms with Crippen molar-refractivity contribution < 1.29 is 4.79 Å². The average Bonchev–Trinajstić information content (AvgIpc) is 2.23. The maximum atomic E-state index is 11.8. The van der Waals surface area contributed by atoms with Gasteiger partial charge in [0.1, 0.15) is 0 Å². The SMILES string of the molecule is CC(C)C(N)CNC(=O)c1cc(Cl)cc(Br)c1. The van der Waals surface area contributed by atoms with E-state index in [-0.39, 0.29) is 11.9 Å². The molecule has 94 valence electrons. The molecular weight excluding hydrogens is 304 g/mol. The van der Waals surface area contributed by atoms with Crippen molar-refractivity contribution in [3.63, 3.8) is 0 Å². The van der Waals surface area contributed by atoms with Crippen LogP contribution in [0, 0.1) is 5.92 Å². The highest BCUT2D eigenvalue weighted by atomic mass is 79.9. The molecule has 0 bridgehead atoms.